The van der Waals surface area contributed by atoms with Crippen molar-refractivity contribution < 1.29 is 9.53 Å². The Morgan fingerprint density at radius 1 is 0.914 bits per heavy atom. The topological polar surface area (TPSA) is 56.1 Å². The number of ether oxygens (including phenoxy) is 1. The molecule has 0 bridgehead atoms. The first-order valence-electron chi connectivity index (χ1n) is 11.7. The molecular weight excluding hydrogens is 458 g/mol. The number of hydrogen-bond donors (Lipinski definition) is 1. The fourth-order valence-electron chi connectivity index (χ4n) is 4.30. The molecule has 176 valence electrons. The van der Waals surface area contributed by atoms with Crippen molar-refractivity contribution in [2.45, 2.75) is 19.4 Å². The molecule has 35 heavy (non-hydrogen) atoms. The first-order chi connectivity index (χ1) is 17.2. The fraction of sp³-hybridized carbons (Fsp3) is 0.172. The highest BCUT2D eigenvalue weighted by Gasteiger charge is 2.12. The van der Waals surface area contributed by atoms with Crippen molar-refractivity contribution in [2.75, 3.05) is 13.2 Å². The van der Waals surface area contributed by atoms with Gasteiger partial charge in [0.25, 0.3) is 5.91 Å². The SMILES string of the molecule is O=C(COc1ccc(Cl)cc1)NCCCc1nc2ccccc2n1Cc1cccc2ccccc12. The summed E-state index contributed by atoms with van der Waals surface area (Å²) >= 11 is 5.88. The van der Waals surface area contributed by atoms with E-state index in [1.165, 1.54) is 16.3 Å². The van der Waals surface area contributed by atoms with E-state index in [9.17, 15) is 4.79 Å². The van der Waals surface area contributed by atoms with Crippen LogP contribution in [-0.2, 0) is 17.8 Å². The van der Waals surface area contributed by atoms with Gasteiger partial charge in [0.1, 0.15) is 11.6 Å². The maximum atomic E-state index is 12.2. The number of carbonyl (C=O) groups excluding carboxylic acids is 1. The number of imidazole rings is 1. The Bertz CT molecular complexity index is 1460. The lowest BCUT2D eigenvalue weighted by molar-refractivity contribution is -0.123. The molecule has 5 rings (SSSR count). The molecule has 4 aromatic carbocycles. The van der Waals surface area contributed by atoms with Gasteiger partial charge in [0.15, 0.2) is 6.61 Å². The molecule has 1 aromatic heterocycles. The third-order valence-corrected chi connectivity index (χ3v) is 6.28. The number of aromatic nitrogens is 2. The maximum Gasteiger partial charge on any atom is 0.257 e. The number of para-hydroxylation sites is 2. The van der Waals surface area contributed by atoms with Gasteiger partial charge in [0.2, 0.25) is 0 Å². The summed E-state index contributed by atoms with van der Waals surface area (Å²) in [7, 11) is 0. The zero-order chi connectivity index (χ0) is 24.0. The normalized spacial score (nSPS) is 11.1. The zero-order valence-corrected chi connectivity index (χ0v) is 20.0. The van der Waals surface area contributed by atoms with Crippen molar-refractivity contribution in [3.8, 4) is 5.75 Å². The zero-order valence-electron chi connectivity index (χ0n) is 19.3. The van der Waals surface area contributed by atoms with Crippen LogP contribution in [0.5, 0.6) is 5.75 Å². The predicted octanol–water partition coefficient (Wildman–Crippen LogP) is 6.02. The number of hydrogen-bond acceptors (Lipinski definition) is 3. The molecule has 6 heteroatoms. The van der Waals surface area contributed by atoms with Crippen molar-refractivity contribution in [1.29, 1.82) is 0 Å². The molecule has 0 spiro atoms. The Morgan fingerprint density at radius 3 is 2.57 bits per heavy atom. The maximum absolute atomic E-state index is 12.2. The van der Waals surface area contributed by atoms with Crippen LogP contribution in [0.1, 0.15) is 17.8 Å². The van der Waals surface area contributed by atoms with E-state index in [0.29, 0.717) is 17.3 Å². The minimum Gasteiger partial charge on any atom is -0.484 e. The summed E-state index contributed by atoms with van der Waals surface area (Å²) in [5, 5.41) is 6.06. The number of amides is 1. The second-order valence-electron chi connectivity index (χ2n) is 8.44. The van der Waals surface area contributed by atoms with Crippen LogP contribution in [-0.4, -0.2) is 28.6 Å². The highest BCUT2D eigenvalue weighted by atomic mass is 35.5. The molecule has 0 fully saturated rings. The number of rotatable bonds is 9. The van der Waals surface area contributed by atoms with Gasteiger partial charge in [-0.15, -0.1) is 0 Å². The second kappa shape index (κ2) is 10.6. The van der Waals surface area contributed by atoms with Gasteiger partial charge in [-0.1, -0.05) is 66.2 Å². The third-order valence-electron chi connectivity index (χ3n) is 6.02. The number of aryl methyl sites for hydroxylation is 1. The number of nitrogens with one attached hydrogen (secondary N) is 1. The third kappa shape index (κ3) is 5.47. The lowest BCUT2D eigenvalue weighted by Gasteiger charge is -2.12. The first kappa shape index (κ1) is 22.9. The van der Waals surface area contributed by atoms with E-state index in [2.05, 4.69) is 58.4 Å². The molecule has 0 aliphatic carbocycles. The smallest absolute Gasteiger partial charge is 0.257 e. The Balaban J connectivity index is 1.24. The molecule has 0 saturated carbocycles. The van der Waals surface area contributed by atoms with Crippen molar-refractivity contribution in [2.24, 2.45) is 0 Å². The summed E-state index contributed by atoms with van der Waals surface area (Å²) in [5.41, 5.74) is 3.37. The van der Waals surface area contributed by atoms with E-state index in [4.69, 9.17) is 21.3 Å². The predicted molar refractivity (Wildman–Crippen MR) is 141 cm³/mol. The van der Waals surface area contributed by atoms with Gasteiger partial charge in [-0.2, -0.15) is 0 Å². The van der Waals surface area contributed by atoms with Crippen LogP contribution in [0.15, 0.2) is 91.0 Å². The quantitative estimate of drug-likeness (QED) is 0.261. The lowest BCUT2D eigenvalue weighted by Crippen LogP contribution is -2.30. The summed E-state index contributed by atoms with van der Waals surface area (Å²) in [4.78, 5) is 17.1. The molecule has 0 aliphatic heterocycles. The first-order valence-corrected chi connectivity index (χ1v) is 12.1. The fourth-order valence-corrected chi connectivity index (χ4v) is 4.42. The monoisotopic (exact) mass is 483 g/mol. The van der Waals surface area contributed by atoms with Crippen LogP contribution >= 0.6 is 11.6 Å². The van der Waals surface area contributed by atoms with Crippen LogP contribution in [0.2, 0.25) is 5.02 Å². The van der Waals surface area contributed by atoms with E-state index < -0.39 is 0 Å². The van der Waals surface area contributed by atoms with Gasteiger partial charge in [-0.25, -0.2) is 4.98 Å². The van der Waals surface area contributed by atoms with Crippen LogP contribution in [0.4, 0.5) is 0 Å². The lowest BCUT2D eigenvalue weighted by atomic mass is 10.0. The minimum atomic E-state index is -0.149. The second-order valence-corrected chi connectivity index (χ2v) is 8.87. The van der Waals surface area contributed by atoms with Crippen LogP contribution in [0, 0.1) is 0 Å². The van der Waals surface area contributed by atoms with Gasteiger partial charge >= 0.3 is 0 Å². The Kier molecular flexibility index (Phi) is 6.96. The largest absolute Gasteiger partial charge is 0.484 e. The molecular formula is C29H26ClN3O2. The molecule has 1 N–H and O–H groups in total. The van der Waals surface area contributed by atoms with Crippen molar-refractivity contribution in [3.63, 3.8) is 0 Å². The number of nitrogens with zero attached hydrogens (tertiary/aromatic N) is 2. The number of benzene rings is 4. The van der Waals surface area contributed by atoms with E-state index >= 15 is 0 Å². The molecule has 0 atom stereocenters. The van der Waals surface area contributed by atoms with Gasteiger partial charge < -0.3 is 14.6 Å². The number of halogens is 1. The molecule has 0 saturated heterocycles. The summed E-state index contributed by atoms with van der Waals surface area (Å²) in [6.07, 6.45) is 1.54. The van der Waals surface area contributed by atoms with Gasteiger partial charge in [0, 0.05) is 24.5 Å². The molecule has 5 nitrogen and oxygen atoms in total. The molecule has 0 unspecified atom stereocenters. The minimum absolute atomic E-state index is 0.0266. The highest BCUT2D eigenvalue weighted by Crippen LogP contribution is 2.23. The number of carbonyl (C=O) groups is 1. The van der Waals surface area contributed by atoms with Crippen LogP contribution in [0.25, 0.3) is 21.8 Å². The highest BCUT2D eigenvalue weighted by molar-refractivity contribution is 6.30. The average Bonchev–Trinajstić information content (AvgIpc) is 3.23. The number of fused-ring (bicyclic) bond motifs is 2. The van der Waals surface area contributed by atoms with Gasteiger partial charge in [-0.05, 0) is 59.2 Å². The molecule has 0 radical (unpaired) electrons. The van der Waals surface area contributed by atoms with Crippen molar-refractivity contribution >= 4 is 39.3 Å². The van der Waals surface area contributed by atoms with E-state index in [1.807, 2.05) is 18.2 Å². The van der Waals surface area contributed by atoms with Gasteiger partial charge in [0.05, 0.1) is 11.0 Å². The Hall–Kier alpha value is -3.83. The Morgan fingerprint density at radius 2 is 1.69 bits per heavy atom. The standard InChI is InChI=1S/C29H26ClN3O2/c30-23-14-16-24(17-15-23)35-20-29(34)31-18-6-13-28-32-26-11-3-4-12-27(26)33(28)19-22-9-5-8-21-7-1-2-10-25(21)22/h1-5,7-12,14-17H,6,13,18-20H2,(H,31,34). The van der Waals surface area contributed by atoms with E-state index in [0.717, 1.165) is 36.2 Å². The molecule has 1 amide bonds. The van der Waals surface area contributed by atoms with E-state index in [1.54, 1.807) is 24.3 Å². The molecule has 1 heterocycles. The van der Waals surface area contributed by atoms with Crippen molar-refractivity contribution in [3.05, 3.63) is 107 Å². The van der Waals surface area contributed by atoms with Crippen molar-refractivity contribution in [1.82, 2.24) is 14.9 Å². The van der Waals surface area contributed by atoms with Crippen LogP contribution in [0.3, 0.4) is 0 Å². The van der Waals surface area contributed by atoms with E-state index in [-0.39, 0.29) is 12.5 Å². The molecule has 5 aromatic rings. The van der Waals surface area contributed by atoms with Crippen LogP contribution < -0.4 is 10.1 Å². The summed E-state index contributed by atoms with van der Waals surface area (Å²) in [6, 6.07) is 30.1. The average molecular weight is 484 g/mol. The summed E-state index contributed by atoms with van der Waals surface area (Å²) in [6.45, 7) is 1.28. The molecule has 0 aliphatic rings. The Labute approximate surface area is 209 Å². The van der Waals surface area contributed by atoms with Gasteiger partial charge in [-0.3, -0.25) is 4.79 Å². The summed E-state index contributed by atoms with van der Waals surface area (Å²) in [5.74, 6) is 1.49. The summed E-state index contributed by atoms with van der Waals surface area (Å²) < 4.78 is 7.81.